The standard InChI is InChI=1S/C16H21ClFN3/c1-10-6-15-14(7-13(10)18)19-16(8-17)21(15)9-11(2)20(3)12-4-5-12/h6-7,11-12H,4-5,8-9H2,1-3H3. The van der Waals surface area contributed by atoms with E-state index in [2.05, 4.69) is 28.4 Å². The number of alkyl halides is 1. The molecule has 1 aliphatic rings. The lowest BCUT2D eigenvalue weighted by Gasteiger charge is -2.25. The quantitative estimate of drug-likeness (QED) is 0.785. The minimum atomic E-state index is -0.212. The summed E-state index contributed by atoms with van der Waals surface area (Å²) < 4.78 is 15.8. The Morgan fingerprint density at radius 2 is 2.19 bits per heavy atom. The Hall–Kier alpha value is -1.13. The van der Waals surface area contributed by atoms with E-state index in [9.17, 15) is 4.39 Å². The normalized spacial score (nSPS) is 16.9. The number of aromatic nitrogens is 2. The first-order chi connectivity index (χ1) is 10.0. The number of hydrogen-bond donors (Lipinski definition) is 0. The van der Waals surface area contributed by atoms with Crippen molar-refractivity contribution < 1.29 is 4.39 Å². The van der Waals surface area contributed by atoms with Crippen LogP contribution in [0.1, 0.15) is 31.2 Å². The van der Waals surface area contributed by atoms with Crippen molar-refractivity contribution in [1.29, 1.82) is 0 Å². The third-order valence-corrected chi connectivity index (χ3v) is 4.73. The second kappa shape index (κ2) is 5.58. The molecule has 2 aromatic rings. The molecule has 1 unspecified atom stereocenters. The predicted octanol–water partition coefficient (Wildman–Crippen LogP) is 3.71. The zero-order chi connectivity index (χ0) is 15.1. The zero-order valence-corrected chi connectivity index (χ0v) is 13.5. The van der Waals surface area contributed by atoms with Gasteiger partial charge in [0.15, 0.2) is 0 Å². The van der Waals surface area contributed by atoms with E-state index in [1.807, 2.05) is 6.07 Å². The van der Waals surface area contributed by atoms with Crippen LogP contribution in [0.5, 0.6) is 0 Å². The zero-order valence-electron chi connectivity index (χ0n) is 12.7. The van der Waals surface area contributed by atoms with Crippen molar-refractivity contribution in [3.05, 3.63) is 29.3 Å². The number of likely N-dealkylation sites (N-methyl/N-ethyl adjacent to an activating group) is 1. The van der Waals surface area contributed by atoms with Crippen molar-refractivity contribution in [2.24, 2.45) is 0 Å². The Labute approximate surface area is 129 Å². The van der Waals surface area contributed by atoms with E-state index in [-0.39, 0.29) is 5.82 Å². The third-order valence-electron chi connectivity index (χ3n) is 4.49. The molecule has 114 valence electrons. The third kappa shape index (κ3) is 2.79. The van der Waals surface area contributed by atoms with Crippen molar-refractivity contribution in [3.8, 4) is 0 Å². The summed E-state index contributed by atoms with van der Waals surface area (Å²) in [5, 5.41) is 0. The van der Waals surface area contributed by atoms with Crippen molar-refractivity contribution >= 4 is 22.6 Å². The van der Waals surface area contributed by atoms with E-state index in [4.69, 9.17) is 11.6 Å². The number of hydrogen-bond acceptors (Lipinski definition) is 2. The average molecular weight is 310 g/mol. The molecular formula is C16H21ClFN3. The first-order valence-corrected chi connectivity index (χ1v) is 7.98. The fourth-order valence-electron chi connectivity index (χ4n) is 2.84. The molecule has 0 N–H and O–H groups in total. The summed E-state index contributed by atoms with van der Waals surface area (Å²) in [7, 11) is 2.17. The Morgan fingerprint density at radius 1 is 1.48 bits per heavy atom. The summed E-state index contributed by atoms with van der Waals surface area (Å²) in [5.41, 5.74) is 2.31. The second-order valence-electron chi connectivity index (χ2n) is 6.11. The van der Waals surface area contributed by atoms with Crippen LogP contribution in [0.3, 0.4) is 0 Å². The van der Waals surface area contributed by atoms with Crippen LogP contribution in [0.25, 0.3) is 11.0 Å². The molecule has 0 amide bonds. The van der Waals surface area contributed by atoms with Gasteiger partial charge < -0.3 is 4.57 Å². The number of nitrogens with zero attached hydrogens (tertiary/aromatic N) is 3. The molecule has 0 saturated heterocycles. The Kier molecular flexibility index (Phi) is 3.93. The molecule has 3 nitrogen and oxygen atoms in total. The molecule has 1 aromatic heterocycles. The van der Waals surface area contributed by atoms with Crippen molar-refractivity contribution in [3.63, 3.8) is 0 Å². The van der Waals surface area contributed by atoms with E-state index in [0.717, 1.165) is 17.9 Å². The molecule has 1 saturated carbocycles. The minimum Gasteiger partial charge on any atom is -0.325 e. The van der Waals surface area contributed by atoms with E-state index in [1.165, 1.54) is 18.9 Å². The van der Waals surface area contributed by atoms with Gasteiger partial charge in [0.25, 0.3) is 0 Å². The van der Waals surface area contributed by atoms with Crippen LogP contribution >= 0.6 is 11.6 Å². The topological polar surface area (TPSA) is 21.1 Å². The molecule has 0 aliphatic heterocycles. The number of halogens is 2. The molecule has 1 aliphatic carbocycles. The molecule has 1 atom stereocenters. The van der Waals surface area contributed by atoms with Crippen LogP contribution in [-0.2, 0) is 12.4 Å². The maximum atomic E-state index is 13.7. The molecule has 3 rings (SSSR count). The fourth-order valence-corrected chi connectivity index (χ4v) is 3.04. The lowest BCUT2D eigenvalue weighted by Crippen LogP contribution is -2.34. The van der Waals surface area contributed by atoms with Crippen LogP contribution in [0.2, 0.25) is 0 Å². The van der Waals surface area contributed by atoms with Gasteiger partial charge in [-0.25, -0.2) is 9.37 Å². The summed E-state index contributed by atoms with van der Waals surface area (Å²) in [4.78, 5) is 6.90. The highest BCUT2D eigenvalue weighted by Gasteiger charge is 2.29. The SMILES string of the molecule is Cc1cc2c(cc1F)nc(CCl)n2CC(C)N(C)C1CC1. The van der Waals surface area contributed by atoms with Gasteiger partial charge in [0.2, 0.25) is 0 Å². The molecule has 1 heterocycles. The van der Waals surface area contributed by atoms with Crippen LogP contribution in [-0.4, -0.2) is 33.6 Å². The van der Waals surface area contributed by atoms with Crippen molar-refractivity contribution in [2.75, 3.05) is 7.05 Å². The molecule has 21 heavy (non-hydrogen) atoms. The predicted molar refractivity (Wildman–Crippen MR) is 84.2 cm³/mol. The van der Waals surface area contributed by atoms with Gasteiger partial charge in [0.1, 0.15) is 11.6 Å². The number of fused-ring (bicyclic) bond motifs is 1. The van der Waals surface area contributed by atoms with Gasteiger partial charge in [-0.15, -0.1) is 11.6 Å². The largest absolute Gasteiger partial charge is 0.325 e. The van der Waals surface area contributed by atoms with Crippen LogP contribution < -0.4 is 0 Å². The van der Waals surface area contributed by atoms with E-state index < -0.39 is 0 Å². The molecule has 0 radical (unpaired) electrons. The van der Waals surface area contributed by atoms with Gasteiger partial charge in [-0.2, -0.15) is 0 Å². The summed E-state index contributed by atoms with van der Waals surface area (Å²) in [6, 6.07) is 4.50. The molecule has 1 aromatic carbocycles. The first kappa shape index (κ1) is 14.8. The van der Waals surface area contributed by atoms with Gasteiger partial charge in [-0.3, -0.25) is 4.90 Å². The Morgan fingerprint density at radius 3 is 2.81 bits per heavy atom. The van der Waals surface area contributed by atoms with Crippen LogP contribution in [0.4, 0.5) is 4.39 Å². The maximum absolute atomic E-state index is 13.7. The van der Waals surface area contributed by atoms with Gasteiger partial charge in [0, 0.05) is 24.7 Å². The van der Waals surface area contributed by atoms with E-state index in [1.54, 1.807) is 6.92 Å². The summed E-state index contributed by atoms with van der Waals surface area (Å²) in [6.07, 6.45) is 2.58. The van der Waals surface area contributed by atoms with Crippen molar-refractivity contribution in [1.82, 2.24) is 14.5 Å². The number of rotatable bonds is 5. The number of benzene rings is 1. The van der Waals surface area contributed by atoms with Crippen molar-refractivity contribution in [2.45, 2.75) is 51.2 Å². The van der Waals surface area contributed by atoms with Crippen LogP contribution in [0, 0.1) is 12.7 Å². The van der Waals surface area contributed by atoms with E-state index in [0.29, 0.717) is 29.0 Å². The summed E-state index contributed by atoms with van der Waals surface area (Å²) >= 11 is 6.03. The Balaban J connectivity index is 1.97. The minimum absolute atomic E-state index is 0.212. The monoisotopic (exact) mass is 309 g/mol. The highest BCUT2D eigenvalue weighted by atomic mass is 35.5. The molecule has 0 spiro atoms. The molecular weight excluding hydrogens is 289 g/mol. The maximum Gasteiger partial charge on any atom is 0.128 e. The molecule has 1 fully saturated rings. The fraction of sp³-hybridized carbons (Fsp3) is 0.562. The Bertz CT molecular complexity index is 663. The summed E-state index contributed by atoms with van der Waals surface area (Å²) in [5.74, 6) is 0.944. The number of imidazole rings is 1. The van der Waals surface area contributed by atoms with Gasteiger partial charge >= 0.3 is 0 Å². The lowest BCUT2D eigenvalue weighted by molar-refractivity contribution is 0.226. The smallest absolute Gasteiger partial charge is 0.128 e. The average Bonchev–Trinajstić information content (AvgIpc) is 3.25. The highest BCUT2D eigenvalue weighted by molar-refractivity contribution is 6.16. The molecule has 5 heteroatoms. The van der Waals surface area contributed by atoms with Gasteiger partial charge in [0.05, 0.1) is 16.9 Å². The molecule has 0 bridgehead atoms. The van der Waals surface area contributed by atoms with Gasteiger partial charge in [-0.1, -0.05) is 0 Å². The van der Waals surface area contributed by atoms with Gasteiger partial charge in [-0.05, 0) is 45.4 Å². The number of aryl methyl sites for hydroxylation is 1. The summed E-state index contributed by atoms with van der Waals surface area (Å²) in [6.45, 7) is 4.83. The van der Waals surface area contributed by atoms with Crippen LogP contribution in [0.15, 0.2) is 12.1 Å². The second-order valence-corrected chi connectivity index (χ2v) is 6.38. The van der Waals surface area contributed by atoms with E-state index >= 15 is 0 Å². The first-order valence-electron chi connectivity index (χ1n) is 7.44. The lowest BCUT2D eigenvalue weighted by atomic mass is 10.2. The highest BCUT2D eigenvalue weighted by Crippen LogP contribution is 2.28.